The number of halogens is 2. The monoisotopic (exact) mass is 276 g/mol. The van der Waals surface area contributed by atoms with Crippen LogP contribution in [-0.4, -0.2) is 5.91 Å². The topological polar surface area (TPSA) is 55.1 Å². The highest BCUT2D eigenvalue weighted by Crippen LogP contribution is 2.29. The molecule has 0 heterocycles. The molecule has 0 aliphatic heterocycles. The van der Waals surface area contributed by atoms with Gasteiger partial charge in [0, 0.05) is 11.3 Å². The SMILES string of the molecule is CC(Nc1ccccc1)(C(N)=O)c1cccc(F)c1F. The Balaban J connectivity index is 2.50. The molecule has 20 heavy (non-hydrogen) atoms. The second-order valence-corrected chi connectivity index (χ2v) is 4.58. The molecule has 3 N–H and O–H groups in total. The molecule has 2 aromatic rings. The summed E-state index contributed by atoms with van der Waals surface area (Å²) in [6.45, 7) is 1.42. The average molecular weight is 276 g/mol. The third-order valence-electron chi connectivity index (χ3n) is 3.15. The van der Waals surface area contributed by atoms with Gasteiger partial charge in [-0.1, -0.05) is 30.3 Å². The second-order valence-electron chi connectivity index (χ2n) is 4.58. The molecule has 0 fully saturated rings. The summed E-state index contributed by atoms with van der Waals surface area (Å²) in [7, 11) is 0. The quantitative estimate of drug-likeness (QED) is 0.902. The van der Waals surface area contributed by atoms with Crippen LogP contribution in [0.25, 0.3) is 0 Å². The summed E-state index contributed by atoms with van der Waals surface area (Å²) in [6.07, 6.45) is 0. The first-order chi connectivity index (χ1) is 9.45. The zero-order chi connectivity index (χ0) is 14.8. The van der Waals surface area contributed by atoms with Crippen LogP contribution >= 0.6 is 0 Å². The van der Waals surface area contributed by atoms with Crippen molar-refractivity contribution in [1.29, 1.82) is 0 Å². The van der Waals surface area contributed by atoms with Crippen molar-refractivity contribution in [2.75, 3.05) is 5.32 Å². The van der Waals surface area contributed by atoms with Crippen LogP contribution in [0.5, 0.6) is 0 Å². The van der Waals surface area contributed by atoms with E-state index in [0.717, 1.165) is 6.07 Å². The highest BCUT2D eigenvalue weighted by Gasteiger charge is 2.36. The van der Waals surface area contributed by atoms with Crippen molar-refractivity contribution < 1.29 is 13.6 Å². The van der Waals surface area contributed by atoms with Gasteiger partial charge in [-0.05, 0) is 25.1 Å². The van der Waals surface area contributed by atoms with E-state index >= 15 is 0 Å². The largest absolute Gasteiger partial charge is 0.368 e. The zero-order valence-electron chi connectivity index (χ0n) is 10.9. The number of benzene rings is 2. The molecule has 104 valence electrons. The van der Waals surface area contributed by atoms with Gasteiger partial charge in [-0.25, -0.2) is 8.78 Å². The van der Waals surface area contributed by atoms with Crippen LogP contribution < -0.4 is 11.1 Å². The molecule has 0 aliphatic rings. The molecule has 2 rings (SSSR count). The molecule has 3 nitrogen and oxygen atoms in total. The molecule has 2 aromatic carbocycles. The standard InChI is InChI=1S/C15H14F2N2O/c1-15(14(18)20,19-10-6-3-2-4-7-10)11-8-5-9-12(16)13(11)17/h2-9,19H,1H3,(H2,18,20). The minimum Gasteiger partial charge on any atom is -0.368 e. The third kappa shape index (κ3) is 2.47. The predicted octanol–water partition coefficient (Wildman–Crippen LogP) is 2.78. The summed E-state index contributed by atoms with van der Waals surface area (Å²) in [5, 5.41) is 2.86. The highest BCUT2D eigenvalue weighted by atomic mass is 19.2. The van der Waals surface area contributed by atoms with Gasteiger partial charge in [-0.3, -0.25) is 4.79 Å². The van der Waals surface area contributed by atoms with Gasteiger partial charge in [0.05, 0.1) is 0 Å². The molecular formula is C15H14F2N2O. The molecule has 0 bridgehead atoms. The fraction of sp³-hybridized carbons (Fsp3) is 0.133. The van der Waals surface area contributed by atoms with Crippen LogP contribution in [0, 0.1) is 11.6 Å². The lowest BCUT2D eigenvalue weighted by atomic mass is 9.90. The van der Waals surface area contributed by atoms with E-state index in [4.69, 9.17) is 5.73 Å². The van der Waals surface area contributed by atoms with Crippen molar-refractivity contribution >= 4 is 11.6 Å². The van der Waals surface area contributed by atoms with Crippen LogP contribution in [0.3, 0.4) is 0 Å². The van der Waals surface area contributed by atoms with E-state index < -0.39 is 23.1 Å². The number of carbonyl (C=O) groups is 1. The van der Waals surface area contributed by atoms with Crippen molar-refractivity contribution in [1.82, 2.24) is 0 Å². The predicted molar refractivity (Wildman–Crippen MR) is 73.0 cm³/mol. The second kappa shape index (κ2) is 5.28. The van der Waals surface area contributed by atoms with Crippen LogP contribution in [0.1, 0.15) is 12.5 Å². The molecular weight excluding hydrogens is 262 g/mol. The van der Waals surface area contributed by atoms with Crippen molar-refractivity contribution in [2.45, 2.75) is 12.5 Å². The Bertz CT molecular complexity index is 631. The molecule has 0 saturated heterocycles. The maximum absolute atomic E-state index is 13.9. The maximum atomic E-state index is 13.9. The summed E-state index contributed by atoms with van der Waals surface area (Å²) in [5.41, 5.74) is 4.28. The minimum atomic E-state index is -1.55. The average Bonchev–Trinajstić information content (AvgIpc) is 2.42. The van der Waals surface area contributed by atoms with Crippen LogP contribution in [0.15, 0.2) is 48.5 Å². The maximum Gasteiger partial charge on any atom is 0.247 e. The highest BCUT2D eigenvalue weighted by molar-refractivity contribution is 5.89. The first-order valence-corrected chi connectivity index (χ1v) is 6.03. The number of hydrogen-bond acceptors (Lipinski definition) is 2. The fourth-order valence-electron chi connectivity index (χ4n) is 1.96. The fourth-order valence-corrected chi connectivity index (χ4v) is 1.96. The lowest BCUT2D eigenvalue weighted by Gasteiger charge is -2.29. The number of primary amides is 1. The molecule has 1 atom stereocenters. The van der Waals surface area contributed by atoms with Crippen molar-refractivity contribution in [3.8, 4) is 0 Å². The van der Waals surface area contributed by atoms with E-state index in [1.807, 2.05) is 0 Å². The van der Waals surface area contributed by atoms with Gasteiger partial charge in [0.1, 0.15) is 5.54 Å². The van der Waals surface area contributed by atoms with Crippen molar-refractivity contribution in [3.63, 3.8) is 0 Å². The van der Waals surface area contributed by atoms with Gasteiger partial charge in [0.15, 0.2) is 11.6 Å². The van der Waals surface area contributed by atoms with E-state index in [1.165, 1.54) is 19.1 Å². The van der Waals surface area contributed by atoms with Crippen molar-refractivity contribution in [3.05, 3.63) is 65.7 Å². The Morgan fingerprint density at radius 1 is 1.10 bits per heavy atom. The summed E-state index contributed by atoms with van der Waals surface area (Å²) in [4.78, 5) is 11.8. The number of para-hydroxylation sites is 1. The van der Waals surface area contributed by atoms with E-state index in [0.29, 0.717) is 5.69 Å². The number of nitrogens with two attached hydrogens (primary N) is 1. The lowest BCUT2D eigenvalue weighted by Crippen LogP contribution is -2.46. The molecule has 0 aromatic heterocycles. The van der Waals surface area contributed by atoms with Gasteiger partial charge in [0.2, 0.25) is 5.91 Å². The van der Waals surface area contributed by atoms with Crippen LogP contribution in [0.2, 0.25) is 0 Å². The summed E-state index contributed by atoms with van der Waals surface area (Å²) >= 11 is 0. The van der Waals surface area contributed by atoms with E-state index in [-0.39, 0.29) is 5.56 Å². The number of nitrogens with one attached hydrogen (secondary N) is 1. The number of amides is 1. The van der Waals surface area contributed by atoms with Crippen molar-refractivity contribution in [2.24, 2.45) is 5.73 Å². The van der Waals surface area contributed by atoms with Gasteiger partial charge in [-0.15, -0.1) is 0 Å². The Morgan fingerprint density at radius 3 is 2.35 bits per heavy atom. The Labute approximate surface area is 115 Å². The zero-order valence-corrected chi connectivity index (χ0v) is 10.9. The number of carbonyl (C=O) groups excluding carboxylic acids is 1. The normalized spacial score (nSPS) is 13.6. The molecule has 5 heteroatoms. The number of rotatable bonds is 4. The van der Waals surface area contributed by atoms with E-state index in [9.17, 15) is 13.6 Å². The van der Waals surface area contributed by atoms with Gasteiger partial charge in [-0.2, -0.15) is 0 Å². The van der Waals surface area contributed by atoms with Gasteiger partial charge in [0.25, 0.3) is 0 Å². The third-order valence-corrected chi connectivity index (χ3v) is 3.15. The smallest absolute Gasteiger partial charge is 0.247 e. The molecule has 0 radical (unpaired) electrons. The summed E-state index contributed by atoms with van der Waals surface area (Å²) in [5.74, 6) is -2.91. The lowest BCUT2D eigenvalue weighted by molar-refractivity contribution is -0.122. The summed E-state index contributed by atoms with van der Waals surface area (Å²) in [6, 6.07) is 12.4. The first kappa shape index (κ1) is 14.0. The molecule has 0 spiro atoms. The van der Waals surface area contributed by atoms with E-state index in [1.54, 1.807) is 30.3 Å². The molecule has 1 unspecified atom stereocenters. The molecule has 1 amide bonds. The van der Waals surface area contributed by atoms with Gasteiger partial charge < -0.3 is 11.1 Å². The van der Waals surface area contributed by atoms with E-state index in [2.05, 4.69) is 5.32 Å². The molecule has 0 aliphatic carbocycles. The van der Waals surface area contributed by atoms with Crippen LogP contribution in [0.4, 0.5) is 14.5 Å². The Hall–Kier alpha value is -2.43. The number of anilines is 1. The van der Waals surface area contributed by atoms with Crippen LogP contribution in [-0.2, 0) is 10.3 Å². The number of hydrogen-bond donors (Lipinski definition) is 2. The summed E-state index contributed by atoms with van der Waals surface area (Å²) < 4.78 is 27.3. The Kier molecular flexibility index (Phi) is 3.70. The molecule has 0 saturated carbocycles. The first-order valence-electron chi connectivity index (χ1n) is 6.03. The Morgan fingerprint density at radius 2 is 1.75 bits per heavy atom. The minimum absolute atomic E-state index is 0.131. The van der Waals surface area contributed by atoms with Gasteiger partial charge >= 0.3 is 0 Å².